The number of amides is 2. The van der Waals surface area contributed by atoms with E-state index in [1.165, 1.54) is 44.4 Å². The monoisotopic (exact) mass is 1620 g/mol. The zero-order chi connectivity index (χ0) is 83.1. The van der Waals surface area contributed by atoms with Gasteiger partial charge in [-0.2, -0.15) is 24.6 Å². The number of amidine groups is 1. The van der Waals surface area contributed by atoms with Crippen LogP contribution in [0.1, 0.15) is 152 Å². The molecule has 0 radical (unpaired) electrons. The second-order valence-corrected chi connectivity index (χ2v) is 25.5. The van der Waals surface area contributed by atoms with E-state index in [-0.39, 0.29) is 121 Å². The van der Waals surface area contributed by atoms with Crippen molar-refractivity contribution in [3.63, 3.8) is 0 Å². The van der Waals surface area contributed by atoms with Gasteiger partial charge in [-0.05, 0) is 140 Å². The summed E-state index contributed by atoms with van der Waals surface area (Å²) in [4.78, 5) is 103. The Labute approximate surface area is 649 Å². The number of Topliss-reactive ketones (excluding diaryl/α,β-unsaturated/α-hetero) is 3. The lowest BCUT2D eigenvalue weighted by Crippen LogP contribution is -2.32. The van der Waals surface area contributed by atoms with Crippen LogP contribution in [-0.4, -0.2) is 118 Å². The highest BCUT2D eigenvalue weighted by molar-refractivity contribution is 6.67. The fraction of sp³-hybridized carbons (Fsp3) is 0.338. The van der Waals surface area contributed by atoms with Gasteiger partial charge >= 0.3 is 17.9 Å². The molecular formula is C74H78Cl5F5N8O17. The first kappa shape index (κ1) is 96.4. The molecule has 109 heavy (non-hydrogen) atoms. The van der Waals surface area contributed by atoms with Crippen molar-refractivity contribution in [3.05, 3.63) is 180 Å². The number of oxime groups is 1. The molecule has 9 N–H and O–H groups in total. The zero-order valence-electron chi connectivity index (χ0n) is 60.2. The predicted octanol–water partition coefficient (Wildman–Crippen LogP) is 14.9. The quantitative estimate of drug-likeness (QED) is 0.00196. The Morgan fingerprint density at radius 3 is 1.08 bits per heavy atom. The second kappa shape index (κ2) is 49.3. The van der Waals surface area contributed by atoms with Crippen molar-refractivity contribution < 1.29 is 104 Å². The fourth-order valence-electron chi connectivity index (χ4n) is 8.34. The van der Waals surface area contributed by atoms with Crippen LogP contribution < -0.4 is 45.8 Å². The summed E-state index contributed by atoms with van der Waals surface area (Å²) in [6.45, 7) is 14.7. The number of rotatable bonds is 29. The largest absolute Gasteiger partial charge is 0.489 e. The number of nitriles is 3. The number of nitrogens with one attached hydrogen (secondary N) is 2. The van der Waals surface area contributed by atoms with Gasteiger partial charge in [0.25, 0.3) is 5.24 Å². The van der Waals surface area contributed by atoms with Crippen LogP contribution in [0.25, 0.3) is 0 Å². The van der Waals surface area contributed by atoms with Gasteiger partial charge < -0.3 is 61.2 Å². The van der Waals surface area contributed by atoms with Crippen LogP contribution in [0.2, 0.25) is 20.1 Å². The molecule has 0 bridgehead atoms. The summed E-state index contributed by atoms with van der Waals surface area (Å²) in [5.41, 5.74) is 11.7. The minimum Gasteiger partial charge on any atom is -0.489 e. The maximum atomic E-state index is 13.5. The van der Waals surface area contributed by atoms with Gasteiger partial charge in [-0.25, -0.2) is 18.0 Å². The van der Waals surface area contributed by atoms with Crippen molar-refractivity contribution in [1.82, 2.24) is 10.6 Å². The molecular weight excluding hydrogens is 1550 g/mol. The highest BCUT2D eigenvalue weighted by Crippen LogP contribution is 2.34. The Balaban J connectivity index is 0.000000677. The van der Waals surface area contributed by atoms with Crippen LogP contribution in [0.3, 0.4) is 0 Å². The Hall–Kier alpha value is -10.7. The third kappa shape index (κ3) is 34.4. The van der Waals surface area contributed by atoms with Gasteiger partial charge in [0, 0.05) is 74.9 Å². The number of hydrogen-bond acceptors (Lipinski definition) is 20. The Morgan fingerprint density at radius 1 is 0.468 bits per heavy atom. The summed E-state index contributed by atoms with van der Waals surface area (Å²) < 4.78 is 92.3. The van der Waals surface area contributed by atoms with E-state index in [4.69, 9.17) is 120 Å². The van der Waals surface area contributed by atoms with E-state index in [2.05, 4.69) is 20.5 Å². The number of carbonyl (C=O) groups is 9. The number of esters is 1. The van der Waals surface area contributed by atoms with Crippen molar-refractivity contribution >= 4 is 116 Å². The summed E-state index contributed by atoms with van der Waals surface area (Å²) in [6.07, 6.45) is -1.03. The van der Waals surface area contributed by atoms with Gasteiger partial charge in [-0.3, -0.25) is 38.4 Å². The van der Waals surface area contributed by atoms with E-state index in [1.54, 1.807) is 80.6 Å². The number of ketones is 3. The number of benzene rings is 6. The van der Waals surface area contributed by atoms with E-state index in [1.807, 2.05) is 53.7 Å². The molecule has 586 valence electrons. The van der Waals surface area contributed by atoms with Gasteiger partial charge in [0.15, 0.2) is 17.3 Å². The molecule has 0 heterocycles. The number of hydrogen-bond donors (Lipinski definition) is 7. The molecule has 35 heteroatoms. The average Bonchev–Trinajstić information content (AvgIpc) is 0.793. The average molecular weight is 1620 g/mol. The van der Waals surface area contributed by atoms with E-state index < -0.39 is 81.8 Å². The zero-order valence-corrected chi connectivity index (χ0v) is 63.9. The number of carboxylic acid groups (broad SMARTS) is 2. The first-order valence-electron chi connectivity index (χ1n) is 32.3. The Kier molecular flexibility index (Phi) is 43.6. The van der Waals surface area contributed by atoms with Crippen LogP contribution in [0, 0.1) is 80.8 Å². The maximum absolute atomic E-state index is 13.5. The number of nitrogens with zero attached hydrogens (tertiary/aromatic N) is 4. The van der Waals surface area contributed by atoms with E-state index in [0.717, 1.165) is 12.1 Å². The summed E-state index contributed by atoms with van der Waals surface area (Å²) in [5.74, 6) is -19.0. The highest BCUT2D eigenvalue weighted by atomic mass is 35.5. The van der Waals surface area contributed by atoms with Crippen LogP contribution >= 0.6 is 58.0 Å². The number of ether oxygens (including phenoxy) is 5. The normalized spacial score (nSPS) is 11.6. The Bertz CT molecular complexity index is 4280. The van der Waals surface area contributed by atoms with Gasteiger partial charge in [-0.15, -0.1) is 0 Å². The molecule has 0 fully saturated rings. The highest BCUT2D eigenvalue weighted by Gasteiger charge is 2.30. The summed E-state index contributed by atoms with van der Waals surface area (Å²) >= 11 is 29.3. The van der Waals surface area contributed by atoms with Crippen molar-refractivity contribution in [1.29, 1.82) is 15.8 Å². The van der Waals surface area contributed by atoms with Gasteiger partial charge in [0.05, 0.1) is 92.5 Å². The smallest absolute Gasteiger partial charge is 0.343 e. The van der Waals surface area contributed by atoms with Crippen LogP contribution in [0.5, 0.6) is 28.7 Å². The van der Waals surface area contributed by atoms with E-state index in [9.17, 15) is 65.1 Å². The van der Waals surface area contributed by atoms with E-state index >= 15 is 0 Å². The molecule has 4 atom stereocenters. The molecule has 0 spiro atoms. The van der Waals surface area contributed by atoms with Crippen LogP contribution in [0.15, 0.2) is 108 Å². The lowest BCUT2D eigenvalue weighted by atomic mass is 9.94. The molecule has 25 nitrogen and oxygen atoms in total. The molecule has 6 aromatic carbocycles. The molecule has 0 unspecified atom stereocenters. The maximum Gasteiger partial charge on any atom is 0.343 e. The number of nitrogens with two attached hydrogens (primary N) is 2. The summed E-state index contributed by atoms with van der Waals surface area (Å²) in [5, 5.41) is 59.2. The molecule has 0 saturated carbocycles. The van der Waals surface area contributed by atoms with Crippen molar-refractivity contribution in [2.75, 3.05) is 14.1 Å². The summed E-state index contributed by atoms with van der Waals surface area (Å²) in [6, 6.07) is 30.6. The minimum absolute atomic E-state index is 0.000520. The first-order valence-corrected chi connectivity index (χ1v) is 34.2. The van der Waals surface area contributed by atoms with Crippen molar-refractivity contribution in [3.8, 4) is 47.0 Å². The molecule has 0 aliphatic rings. The van der Waals surface area contributed by atoms with Crippen LogP contribution in [0.4, 0.5) is 22.0 Å². The fourth-order valence-corrected chi connectivity index (χ4v) is 9.36. The molecule has 6 aromatic rings. The molecule has 2 amide bonds. The predicted molar refractivity (Wildman–Crippen MR) is 394 cm³/mol. The number of carboxylic acids is 2. The van der Waals surface area contributed by atoms with Gasteiger partial charge in [0.2, 0.25) is 46.6 Å². The third-order valence-corrected chi connectivity index (χ3v) is 14.9. The summed E-state index contributed by atoms with van der Waals surface area (Å²) in [7, 11) is 2.94. The van der Waals surface area contributed by atoms with Gasteiger partial charge in [-0.1, -0.05) is 81.9 Å². The van der Waals surface area contributed by atoms with E-state index in [0.29, 0.717) is 54.6 Å². The molecule has 0 aliphatic carbocycles. The third-order valence-electron chi connectivity index (χ3n) is 13.5. The standard InChI is InChI=1S/C16H10ClF5O3.C16H22ClN3O4.C16H19ClN2O3.C15H16ClNO4.C7H5ClO.C4H6N2O2/c1-6(2)24-9-4-3-7(5-8(9)17)16(23)25-15-13(21)11(19)10(18)12(20)14(15)22;1-9(2)24-14-5-4-10(6-12(14)17)13(21)7-11(16(22)19-3)8-15(18)20-23;1-10(2)22-15-5-4-11(8-13(15)17)14(20)9-12(6-7-18)16(21)19-3;1-9(2)21-14-4-3-10(7-12(14)16)13(18)8-11(5-6-17)15(19)20;8-7(9)6-4-2-1-3-5-6;5-2-1-3(6)4(7)8/h3-6H,1-2H3;4-6,9,11,23H,7-8H2,1-3H3,(H2,18,20)(H,19,22);4-5,8,10,12H,6,9H2,1-3H3,(H,19,21);3-4,7,9,11H,5,8H2,1-2H3,(H,19,20);1-5H;3H,1,6H2,(H,7,8)/t;11-;12-;11-;;3-/m.011.0/s1. The number of aliphatic carboxylic acids is 2. The van der Waals surface area contributed by atoms with Crippen molar-refractivity contribution in [2.45, 2.75) is 131 Å². The number of carbonyl (C=O) groups excluding carboxylic acids is 7. The minimum atomic E-state index is -2.35. The molecule has 0 aromatic heterocycles. The molecule has 6 rings (SSSR count). The van der Waals surface area contributed by atoms with Crippen LogP contribution in [-0.2, 0) is 19.2 Å². The van der Waals surface area contributed by atoms with Gasteiger partial charge in [0.1, 0.15) is 34.9 Å². The Morgan fingerprint density at radius 2 is 0.789 bits per heavy atom. The SMILES string of the molecule is CC(C)Oc1ccc(C(=O)C[C@@H](CC#N)C(=O)O)cc1Cl.CC(C)Oc1ccc(C(=O)Oc2c(F)c(F)c(F)c(F)c2F)cc1Cl.CNC(=O)[C@@H](CC(=O)c1ccc(OC(C)C)c(Cl)c1)C/C(N)=N/O.CNC(=O)[C@H](CC#N)CC(=O)c1ccc(OC(C)C)c(Cl)c1.N#CC[C@H](N)C(=O)O.O=C(Cl)c1ccccc1. The topological polar surface area (TPSA) is 420 Å². The molecule has 0 saturated heterocycles. The first-order chi connectivity index (χ1) is 51.1. The van der Waals surface area contributed by atoms with Crippen molar-refractivity contribution in [2.24, 2.45) is 34.4 Å². The lowest BCUT2D eigenvalue weighted by Gasteiger charge is -2.15. The lowest BCUT2D eigenvalue weighted by molar-refractivity contribution is -0.141. The number of halogens is 10. The second-order valence-electron chi connectivity index (χ2n) is 23.5. The molecule has 0 aliphatic heterocycles.